The molecule has 0 aliphatic heterocycles. The second-order valence-corrected chi connectivity index (χ2v) is 8.40. The van der Waals surface area contributed by atoms with Crippen molar-refractivity contribution in [3.8, 4) is 0 Å². The lowest BCUT2D eigenvalue weighted by Crippen LogP contribution is -2.28. The lowest BCUT2D eigenvalue weighted by Gasteiger charge is -2.15. The van der Waals surface area contributed by atoms with Gasteiger partial charge in [-0.25, -0.2) is 9.97 Å². The van der Waals surface area contributed by atoms with Crippen LogP contribution in [-0.2, 0) is 17.8 Å². The van der Waals surface area contributed by atoms with Crippen LogP contribution in [0.5, 0.6) is 0 Å². The minimum Gasteiger partial charge on any atom is -0.354 e. The molecule has 4 rings (SSSR count). The highest BCUT2D eigenvalue weighted by molar-refractivity contribution is 7.16. The maximum absolute atomic E-state index is 12.9. The van der Waals surface area contributed by atoms with Gasteiger partial charge in [-0.05, 0) is 19.4 Å². The summed E-state index contributed by atoms with van der Waals surface area (Å²) in [4.78, 5) is 37.5. The van der Waals surface area contributed by atoms with Crippen molar-refractivity contribution in [3.63, 3.8) is 0 Å². The maximum atomic E-state index is 12.9. The third-order valence-electron chi connectivity index (χ3n) is 5.05. The average Bonchev–Trinajstić information content (AvgIpc) is 3.41. The molecule has 8 nitrogen and oxygen atoms in total. The number of rotatable bonds is 8. The van der Waals surface area contributed by atoms with Crippen molar-refractivity contribution in [1.82, 2.24) is 24.3 Å². The lowest BCUT2D eigenvalue weighted by atomic mass is 10.2. The zero-order chi connectivity index (χ0) is 22.0. The van der Waals surface area contributed by atoms with Crippen molar-refractivity contribution in [3.05, 3.63) is 70.4 Å². The third kappa shape index (κ3) is 4.09. The number of benzene rings is 1. The van der Waals surface area contributed by atoms with Crippen LogP contribution in [0.1, 0.15) is 39.4 Å². The van der Waals surface area contributed by atoms with E-state index >= 15 is 0 Å². The molecule has 0 aliphatic carbocycles. The Hall–Kier alpha value is -3.46. The molecule has 0 unspecified atom stereocenters. The van der Waals surface area contributed by atoms with Crippen LogP contribution in [-0.4, -0.2) is 44.8 Å². The van der Waals surface area contributed by atoms with Gasteiger partial charge in [0.15, 0.2) is 16.5 Å². The van der Waals surface area contributed by atoms with Crippen LogP contribution in [0.4, 0.5) is 5.82 Å². The predicted octanol–water partition coefficient (Wildman–Crippen LogP) is 2.88. The number of nitrogens with one attached hydrogen (secondary N) is 1. The molecule has 0 fully saturated rings. The maximum Gasteiger partial charge on any atom is 0.271 e. The third-order valence-corrected chi connectivity index (χ3v) is 5.97. The number of fused-ring (bicyclic) bond motifs is 1. The predicted molar refractivity (Wildman–Crippen MR) is 121 cm³/mol. The van der Waals surface area contributed by atoms with E-state index in [0.717, 1.165) is 16.2 Å². The Balaban J connectivity index is 1.83. The van der Waals surface area contributed by atoms with Crippen LogP contribution in [0.15, 0.2) is 42.7 Å². The van der Waals surface area contributed by atoms with Crippen molar-refractivity contribution in [2.75, 3.05) is 18.5 Å². The molecule has 0 saturated heterocycles. The number of imidazole rings is 2. The van der Waals surface area contributed by atoms with Gasteiger partial charge >= 0.3 is 0 Å². The molecule has 0 bridgehead atoms. The molecule has 3 aromatic heterocycles. The Morgan fingerprint density at radius 3 is 2.65 bits per heavy atom. The van der Waals surface area contributed by atoms with E-state index in [1.54, 1.807) is 18.4 Å². The number of carbonyl (C=O) groups is 2. The minimum absolute atomic E-state index is 0.286. The molecule has 0 radical (unpaired) electrons. The molecule has 0 aliphatic rings. The fraction of sp³-hybridized carbons (Fsp3) is 0.273. The van der Waals surface area contributed by atoms with Crippen LogP contribution < -0.4 is 10.2 Å². The average molecular weight is 437 g/mol. The summed E-state index contributed by atoms with van der Waals surface area (Å²) in [5.74, 6) is 0.756. The summed E-state index contributed by atoms with van der Waals surface area (Å²) in [5.41, 5.74) is 2.26. The van der Waals surface area contributed by atoms with Gasteiger partial charge in [-0.2, -0.15) is 0 Å². The normalized spacial score (nSPS) is 11.1. The summed E-state index contributed by atoms with van der Waals surface area (Å²) in [5, 5.41) is 2.69. The van der Waals surface area contributed by atoms with Gasteiger partial charge in [0.2, 0.25) is 6.41 Å². The van der Waals surface area contributed by atoms with Crippen LogP contribution in [0.25, 0.3) is 4.96 Å². The van der Waals surface area contributed by atoms with E-state index in [2.05, 4.69) is 5.32 Å². The van der Waals surface area contributed by atoms with E-state index < -0.39 is 0 Å². The number of amides is 2. The van der Waals surface area contributed by atoms with Crippen molar-refractivity contribution in [2.45, 2.75) is 26.8 Å². The van der Waals surface area contributed by atoms with Crippen molar-refractivity contribution in [1.29, 1.82) is 0 Å². The summed E-state index contributed by atoms with van der Waals surface area (Å²) in [6.45, 7) is 4.77. The van der Waals surface area contributed by atoms with Gasteiger partial charge in [-0.1, -0.05) is 30.3 Å². The summed E-state index contributed by atoms with van der Waals surface area (Å²) >= 11 is 1.63. The molecule has 0 spiro atoms. The highest BCUT2D eigenvalue weighted by Crippen LogP contribution is 2.25. The van der Waals surface area contributed by atoms with Gasteiger partial charge < -0.3 is 9.88 Å². The largest absolute Gasteiger partial charge is 0.354 e. The SMILES string of the molecule is CCN(C=O)c1nc(Cc2cn3cc(C)sc3n2)n(Cc2ccccc2)c1C(=O)NC. The second-order valence-electron chi connectivity index (χ2n) is 7.18. The first-order valence-electron chi connectivity index (χ1n) is 10.0. The Morgan fingerprint density at radius 2 is 2.00 bits per heavy atom. The van der Waals surface area contributed by atoms with Gasteiger partial charge in [0.05, 0.1) is 5.69 Å². The van der Waals surface area contributed by atoms with Gasteiger partial charge in [0.25, 0.3) is 5.91 Å². The first-order chi connectivity index (χ1) is 15.0. The van der Waals surface area contributed by atoms with Crippen LogP contribution >= 0.6 is 11.3 Å². The first kappa shape index (κ1) is 20.8. The van der Waals surface area contributed by atoms with Gasteiger partial charge in [0.1, 0.15) is 5.82 Å². The quantitative estimate of drug-likeness (QED) is 0.431. The summed E-state index contributed by atoms with van der Waals surface area (Å²) in [6, 6.07) is 9.88. The van der Waals surface area contributed by atoms with Crippen LogP contribution in [0.2, 0.25) is 0 Å². The van der Waals surface area contributed by atoms with E-state index in [-0.39, 0.29) is 5.91 Å². The summed E-state index contributed by atoms with van der Waals surface area (Å²) in [6.07, 6.45) is 5.18. The van der Waals surface area contributed by atoms with Crippen molar-refractivity contribution >= 4 is 34.4 Å². The smallest absolute Gasteiger partial charge is 0.271 e. The summed E-state index contributed by atoms with van der Waals surface area (Å²) in [7, 11) is 1.58. The lowest BCUT2D eigenvalue weighted by molar-refractivity contribution is -0.107. The van der Waals surface area contributed by atoms with E-state index in [0.29, 0.717) is 43.3 Å². The van der Waals surface area contributed by atoms with Crippen LogP contribution in [0.3, 0.4) is 0 Å². The molecular formula is C22H24N6O2S. The standard InChI is InChI=1S/C22H24N6O2S/c1-4-26(14-29)20-19(21(30)23-3)28(12-16-8-6-5-7-9-16)18(25-20)10-17-13-27-11-15(2)31-22(27)24-17/h5-9,11,13-14H,4,10,12H2,1-3H3,(H,23,30). The Labute approximate surface area is 184 Å². The molecule has 0 atom stereocenters. The van der Waals surface area contributed by atoms with E-state index in [1.165, 1.54) is 9.78 Å². The number of anilines is 1. The fourth-order valence-electron chi connectivity index (χ4n) is 3.58. The topological polar surface area (TPSA) is 84.5 Å². The molecule has 2 amide bonds. The van der Waals surface area contributed by atoms with Gasteiger partial charge in [-0.15, -0.1) is 11.3 Å². The first-order valence-corrected chi connectivity index (χ1v) is 10.9. The zero-order valence-electron chi connectivity index (χ0n) is 17.7. The second kappa shape index (κ2) is 8.73. The molecule has 1 N–H and O–H groups in total. The molecule has 3 heterocycles. The number of aromatic nitrogens is 4. The molecule has 4 aromatic rings. The highest BCUT2D eigenvalue weighted by Gasteiger charge is 2.26. The highest BCUT2D eigenvalue weighted by atomic mass is 32.1. The Kier molecular flexibility index (Phi) is 5.85. The number of thiazole rings is 1. The summed E-state index contributed by atoms with van der Waals surface area (Å²) < 4.78 is 3.89. The van der Waals surface area contributed by atoms with Crippen LogP contribution in [0, 0.1) is 6.92 Å². The minimum atomic E-state index is -0.286. The van der Waals surface area contributed by atoms with E-state index in [9.17, 15) is 9.59 Å². The van der Waals surface area contributed by atoms with Gasteiger partial charge in [-0.3, -0.25) is 18.9 Å². The number of aryl methyl sites for hydroxylation is 1. The molecule has 9 heteroatoms. The molecule has 31 heavy (non-hydrogen) atoms. The zero-order valence-corrected chi connectivity index (χ0v) is 18.5. The number of hydrogen-bond acceptors (Lipinski definition) is 5. The molecular weight excluding hydrogens is 412 g/mol. The number of hydrogen-bond donors (Lipinski definition) is 1. The fourth-order valence-corrected chi connectivity index (χ4v) is 4.41. The van der Waals surface area contributed by atoms with E-state index in [4.69, 9.17) is 9.97 Å². The number of nitrogens with zero attached hydrogens (tertiary/aromatic N) is 5. The molecule has 0 saturated carbocycles. The Bertz CT molecular complexity index is 1190. The van der Waals surface area contributed by atoms with Crippen molar-refractivity contribution < 1.29 is 9.59 Å². The van der Waals surface area contributed by atoms with Gasteiger partial charge in [0, 0.05) is 43.8 Å². The monoisotopic (exact) mass is 436 g/mol. The molecule has 160 valence electrons. The van der Waals surface area contributed by atoms with E-state index in [1.807, 2.05) is 65.5 Å². The Morgan fingerprint density at radius 1 is 1.23 bits per heavy atom. The number of carbonyl (C=O) groups excluding carboxylic acids is 2. The van der Waals surface area contributed by atoms with Crippen molar-refractivity contribution in [2.24, 2.45) is 0 Å². The molecule has 1 aromatic carbocycles.